The van der Waals surface area contributed by atoms with Crippen LogP contribution < -0.4 is 0 Å². The van der Waals surface area contributed by atoms with E-state index in [4.69, 9.17) is 0 Å². The fraction of sp³-hybridized carbons (Fsp3) is 0.385. The maximum atomic E-state index is 11.9. The first kappa shape index (κ1) is 11.1. The summed E-state index contributed by atoms with van der Waals surface area (Å²) in [7, 11) is 0. The fourth-order valence-corrected chi connectivity index (χ4v) is 2.68. The van der Waals surface area contributed by atoms with Gasteiger partial charge in [0.1, 0.15) is 17.8 Å². The lowest BCUT2D eigenvalue weighted by molar-refractivity contribution is -0.130. The molecule has 1 saturated heterocycles. The van der Waals surface area contributed by atoms with Crippen molar-refractivity contribution in [3.8, 4) is 11.5 Å². The average molecular weight is 247 g/mol. The highest BCUT2D eigenvalue weighted by molar-refractivity contribution is 5.92. The maximum Gasteiger partial charge on any atom is 0.227 e. The normalized spacial score (nSPS) is 29.2. The Balaban J connectivity index is 1.78. The third-order valence-corrected chi connectivity index (χ3v) is 3.88. The topological polar surface area (TPSA) is 77.8 Å². The molecule has 18 heavy (non-hydrogen) atoms. The average Bonchev–Trinajstić information content (AvgIpc) is 2.99. The lowest BCUT2D eigenvalue weighted by Gasteiger charge is -2.20. The van der Waals surface area contributed by atoms with Gasteiger partial charge in [0.05, 0.1) is 11.3 Å². The number of amides is 1. The Kier molecular flexibility index (Phi) is 2.14. The number of piperidine rings is 1. The predicted octanol–water partition coefficient (Wildman–Crippen LogP) is 0.645. The zero-order valence-corrected chi connectivity index (χ0v) is 9.67. The molecule has 1 aliphatic carbocycles. The Labute approximate surface area is 104 Å². The van der Waals surface area contributed by atoms with E-state index in [0.717, 1.165) is 6.29 Å². The molecule has 5 nitrogen and oxygen atoms in total. The second-order valence-corrected chi connectivity index (χ2v) is 5.12. The largest absolute Gasteiger partial charge is 0.508 e. The van der Waals surface area contributed by atoms with Gasteiger partial charge in [-0.05, 0) is 18.6 Å². The van der Waals surface area contributed by atoms with Crippen LogP contribution in [-0.2, 0) is 16.1 Å². The number of likely N-dealkylation sites (tertiary alicyclic amines) is 1. The van der Waals surface area contributed by atoms with Crippen molar-refractivity contribution in [3.05, 3.63) is 23.8 Å². The molecule has 1 heterocycles. The molecule has 94 valence electrons. The number of phenolic OH excluding ortho intramolecular Hbond substituents is 2. The quantitative estimate of drug-likeness (QED) is 0.768. The highest BCUT2D eigenvalue weighted by atomic mass is 16.3. The van der Waals surface area contributed by atoms with Crippen molar-refractivity contribution in [1.29, 1.82) is 0 Å². The molecule has 2 atom stereocenters. The van der Waals surface area contributed by atoms with Crippen molar-refractivity contribution in [2.45, 2.75) is 13.0 Å². The van der Waals surface area contributed by atoms with Gasteiger partial charge in [0.25, 0.3) is 0 Å². The van der Waals surface area contributed by atoms with Gasteiger partial charge in [-0.15, -0.1) is 0 Å². The van der Waals surface area contributed by atoms with E-state index >= 15 is 0 Å². The summed E-state index contributed by atoms with van der Waals surface area (Å²) in [6.45, 7) is 0.706. The van der Waals surface area contributed by atoms with Crippen molar-refractivity contribution in [2.24, 2.45) is 11.3 Å². The molecule has 1 aromatic carbocycles. The fourth-order valence-electron chi connectivity index (χ4n) is 2.68. The summed E-state index contributed by atoms with van der Waals surface area (Å²) >= 11 is 0. The second kappa shape index (κ2) is 3.48. The number of nitrogens with zero attached hydrogens (tertiary/aromatic N) is 1. The van der Waals surface area contributed by atoms with Crippen LogP contribution in [0.3, 0.4) is 0 Å². The molecule has 1 aliphatic heterocycles. The van der Waals surface area contributed by atoms with Crippen LogP contribution in [-0.4, -0.2) is 33.9 Å². The van der Waals surface area contributed by atoms with Crippen LogP contribution in [0.25, 0.3) is 0 Å². The number of rotatable bonds is 3. The Morgan fingerprint density at radius 3 is 2.83 bits per heavy atom. The molecule has 1 amide bonds. The predicted molar refractivity (Wildman–Crippen MR) is 61.8 cm³/mol. The minimum absolute atomic E-state index is 0.0174. The van der Waals surface area contributed by atoms with E-state index in [0.29, 0.717) is 18.5 Å². The minimum Gasteiger partial charge on any atom is -0.508 e. The lowest BCUT2D eigenvalue weighted by Crippen LogP contribution is -2.29. The van der Waals surface area contributed by atoms with Crippen molar-refractivity contribution < 1.29 is 19.8 Å². The Hall–Kier alpha value is -2.04. The van der Waals surface area contributed by atoms with Crippen molar-refractivity contribution in [1.82, 2.24) is 4.90 Å². The molecule has 1 saturated carbocycles. The zero-order chi connectivity index (χ0) is 12.9. The van der Waals surface area contributed by atoms with Gasteiger partial charge < -0.3 is 19.9 Å². The van der Waals surface area contributed by atoms with Gasteiger partial charge in [-0.3, -0.25) is 4.79 Å². The Morgan fingerprint density at radius 1 is 1.44 bits per heavy atom. The summed E-state index contributed by atoms with van der Waals surface area (Å²) in [4.78, 5) is 24.5. The lowest BCUT2D eigenvalue weighted by atomic mass is 10.1. The molecule has 2 aliphatic rings. The van der Waals surface area contributed by atoms with Gasteiger partial charge >= 0.3 is 0 Å². The standard InChI is InChI=1S/C13H13NO4/c15-7-13-4-10(13)12(18)14(6-13)5-8-1-2-9(16)3-11(8)17/h1-3,7,10,16-17H,4-6H2. The summed E-state index contributed by atoms with van der Waals surface area (Å²) in [6, 6.07) is 4.29. The number of aromatic hydroxyl groups is 2. The van der Waals surface area contributed by atoms with Crippen molar-refractivity contribution in [2.75, 3.05) is 6.54 Å². The Bertz CT molecular complexity index is 542. The number of phenols is 2. The van der Waals surface area contributed by atoms with E-state index in [1.54, 1.807) is 11.0 Å². The number of aldehydes is 1. The van der Waals surface area contributed by atoms with Crippen LogP contribution in [0.1, 0.15) is 12.0 Å². The number of hydrogen-bond acceptors (Lipinski definition) is 4. The van der Waals surface area contributed by atoms with Gasteiger partial charge in [0, 0.05) is 24.7 Å². The molecule has 2 N–H and O–H groups in total. The summed E-state index contributed by atoms with van der Waals surface area (Å²) in [5, 5.41) is 18.9. The molecule has 0 spiro atoms. The molecule has 1 aromatic rings. The highest BCUT2D eigenvalue weighted by Crippen LogP contribution is 2.57. The first-order chi connectivity index (χ1) is 8.55. The van der Waals surface area contributed by atoms with Gasteiger partial charge in [-0.1, -0.05) is 0 Å². The van der Waals surface area contributed by atoms with Crippen LogP contribution in [0.2, 0.25) is 0 Å². The molecule has 2 unspecified atom stereocenters. The summed E-state index contributed by atoms with van der Waals surface area (Å²) in [6.07, 6.45) is 1.54. The van der Waals surface area contributed by atoms with Gasteiger partial charge in [-0.2, -0.15) is 0 Å². The van der Waals surface area contributed by atoms with Crippen molar-refractivity contribution in [3.63, 3.8) is 0 Å². The van der Waals surface area contributed by atoms with Crippen LogP contribution in [0, 0.1) is 11.3 Å². The number of fused-ring (bicyclic) bond motifs is 1. The van der Waals surface area contributed by atoms with E-state index in [2.05, 4.69) is 0 Å². The Morgan fingerprint density at radius 2 is 2.22 bits per heavy atom. The summed E-state index contributed by atoms with van der Waals surface area (Å²) < 4.78 is 0. The molecule has 0 bridgehead atoms. The van der Waals surface area contributed by atoms with Crippen molar-refractivity contribution >= 4 is 12.2 Å². The summed E-state index contributed by atoms with van der Waals surface area (Å²) in [5.74, 6) is -0.233. The van der Waals surface area contributed by atoms with Crippen LogP contribution >= 0.6 is 0 Å². The van der Waals surface area contributed by atoms with E-state index in [1.807, 2.05) is 0 Å². The van der Waals surface area contributed by atoms with E-state index in [9.17, 15) is 19.8 Å². The van der Waals surface area contributed by atoms with Crippen LogP contribution in [0.15, 0.2) is 18.2 Å². The third kappa shape index (κ3) is 1.47. The molecular weight excluding hydrogens is 234 g/mol. The third-order valence-electron chi connectivity index (χ3n) is 3.88. The number of carbonyl (C=O) groups is 2. The minimum atomic E-state index is -0.469. The number of benzene rings is 1. The zero-order valence-electron chi connectivity index (χ0n) is 9.67. The highest BCUT2D eigenvalue weighted by Gasteiger charge is 2.65. The molecule has 2 fully saturated rings. The van der Waals surface area contributed by atoms with Gasteiger partial charge in [0.2, 0.25) is 5.91 Å². The first-order valence-corrected chi connectivity index (χ1v) is 5.82. The molecule has 0 aromatic heterocycles. The SMILES string of the molecule is O=CC12CC1C(=O)N(Cc1ccc(O)cc1O)C2. The second-order valence-electron chi connectivity index (χ2n) is 5.12. The van der Waals surface area contributed by atoms with E-state index in [-0.39, 0.29) is 29.9 Å². The van der Waals surface area contributed by atoms with Gasteiger partial charge in [-0.25, -0.2) is 0 Å². The summed E-state index contributed by atoms with van der Waals surface area (Å²) in [5.41, 5.74) is 0.104. The smallest absolute Gasteiger partial charge is 0.227 e. The number of carbonyl (C=O) groups excluding carboxylic acids is 2. The van der Waals surface area contributed by atoms with Gasteiger partial charge in [0.15, 0.2) is 0 Å². The maximum absolute atomic E-state index is 11.9. The monoisotopic (exact) mass is 247 g/mol. The van der Waals surface area contributed by atoms with E-state index in [1.165, 1.54) is 12.1 Å². The first-order valence-electron chi connectivity index (χ1n) is 5.82. The molecule has 5 heteroatoms. The number of hydrogen-bond donors (Lipinski definition) is 2. The molecule has 0 radical (unpaired) electrons. The van der Waals surface area contributed by atoms with Crippen LogP contribution in [0.4, 0.5) is 0 Å². The van der Waals surface area contributed by atoms with Crippen LogP contribution in [0.5, 0.6) is 11.5 Å². The molecular formula is C13H13NO4. The molecule has 3 rings (SSSR count). The van der Waals surface area contributed by atoms with E-state index < -0.39 is 5.41 Å².